The van der Waals surface area contributed by atoms with Crippen molar-refractivity contribution in [1.29, 1.82) is 0 Å². The van der Waals surface area contributed by atoms with Crippen LogP contribution in [0.15, 0.2) is 57.5 Å². The number of benzene rings is 2. The van der Waals surface area contributed by atoms with E-state index < -0.39 is 0 Å². The average Bonchev–Trinajstić information content (AvgIpc) is 2.43. The Labute approximate surface area is 144 Å². The summed E-state index contributed by atoms with van der Waals surface area (Å²) in [5.74, 6) is 0. The number of ether oxygens (including phenoxy) is 1. The molecule has 2 aromatic carbocycles. The van der Waals surface area contributed by atoms with Crippen LogP contribution in [0.4, 0.5) is 0 Å². The molecule has 2 rings (SSSR count). The van der Waals surface area contributed by atoms with Crippen molar-refractivity contribution in [3.05, 3.63) is 68.6 Å². The summed E-state index contributed by atoms with van der Waals surface area (Å²) in [6.07, 6.45) is 0.100. The topological polar surface area (TPSA) is 9.23 Å². The summed E-state index contributed by atoms with van der Waals surface area (Å²) >= 11 is 9.50. The molecular weight excluding hydrogens is 483 g/mol. The summed E-state index contributed by atoms with van der Waals surface area (Å²) in [6, 6.07) is 16.4. The highest BCUT2D eigenvalue weighted by Crippen LogP contribution is 2.29. The largest absolute Gasteiger partial charge is 0.368 e. The lowest BCUT2D eigenvalue weighted by molar-refractivity contribution is 0.0569. The van der Waals surface area contributed by atoms with Gasteiger partial charge in [0, 0.05) is 13.4 Å². The molecule has 0 N–H and O–H groups in total. The maximum atomic E-state index is 6.06. The van der Waals surface area contributed by atoms with Gasteiger partial charge in [-0.3, -0.25) is 0 Å². The van der Waals surface area contributed by atoms with Crippen molar-refractivity contribution in [2.45, 2.75) is 12.7 Å². The molecule has 1 unspecified atom stereocenters. The second kappa shape index (κ2) is 7.76. The maximum Gasteiger partial charge on any atom is 0.0929 e. The summed E-state index contributed by atoms with van der Waals surface area (Å²) in [4.78, 5) is 0. The lowest BCUT2D eigenvalue weighted by Crippen LogP contribution is -2.07. The molecule has 0 bridgehead atoms. The third-order valence-corrected chi connectivity index (χ3v) is 5.09. The second-order valence-electron chi connectivity index (χ2n) is 4.07. The highest BCUT2D eigenvalue weighted by molar-refractivity contribution is 14.1. The molecule has 0 radical (unpaired) electrons. The molecule has 0 saturated heterocycles. The monoisotopic (exact) mass is 494 g/mol. The molecule has 0 spiro atoms. The van der Waals surface area contributed by atoms with E-state index in [4.69, 9.17) is 4.74 Å². The Hall–Kier alpha value is 0.0900. The molecule has 2 aromatic rings. The van der Waals surface area contributed by atoms with E-state index in [1.807, 2.05) is 30.3 Å². The molecule has 1 atom stereocenters. The number of hydrogen-bond acceptors (Lipinski definition) is 1. The van der Waals surface area contributed by atoms with Crippen LogP contribution < -0.4 is 0 Å². The van der Waals surface area contributed by atoms with Gasteiger partial charge in [0.1, 0.15) is 0 Å². The van der Waals surface area contributed by atoms with Crippen molar-refractivity contribution in [1.82, 2.24) is 0 Å². The van der Waals surface area contributed by atoms with E-state index in [2.05, 4.69) is 72.6 Å². The normalized spacial score (nSPS) is 12.4. The first-order valence-electron chi connectivity index (χ1n) is 5.87. The van der Waals surface area contributed by atoms with E-state index in [9.17, 15) is 0 Å². The first kappa shape index (κ1) is 15.5. The van der Waals surface area contributed by atoms with Crippen LogP contribution in [0.3, 0.4) is 0 Å². The minimum atomic E-state index is 0.100. The number of hydrogen-bond donors (Lipinski definition) is 0. The summed E-state index contributed by atoms with van der Waals surface area (Å²) in [5.41, 5.74) is 2.37. The molecule has 19 heavy (non-hydrogen) atoms. The van der Waals surface area contributed by atoms with E-state index in [0.717, 1.165) is 13.4 Å². The zero-order valence-electron chi connectivity index (χ0n) is 10.2. The number of halogens is 3. The SMILES string of the molecule is Brc1ccccc1COC(CI)c1ccccc1Br. The van der Waals surface area contributed by atoms with E-state index in [0.29, 0.717) is 6.61 Å². The van der Waals surface area contributed by atoms with Crippen molar-refractivity contribution in [2.24, 2.45) is 0 Å². The Morgan fingerprint density at radius 2 is 1.58 bits per heavy atom. The van der Waals surface area contributed by atoms with Gasteiger partial charge in [0.05, 0.1) is 12.7 Å². The fourth-order valence-electron chi connectivity index (χ4n) is 1.76. The predicted molar refractivity (Wildman–Crippen MR) is 94.7 cm³/mol. The first-order valence-corrected chi connectivity index (χ1v) is 8.99. The molecule has 4 heteroatoms. The van der Waals surface area contributed by atoms with Crippen LogP contribution in [0.2, 0.25) is 0 Å². The van der Waals surface area contributed by atoms with Gasteiger partial charge >= 0.3 is 0 Å². The standard InChI is InChI=1S/C15H13Br2IO/c16-13-7-3-1-5-11(13)10-19-15(9-18)12-6-2-4-8-14(12)17/h1-8,15H,9-10H2. The van der Waals surface area contributed by atoms with Gasteiger partial charge in [0.15, 0.2) is 0 Å². The van der Waals surface area contributed by atoms with Crippen molar-refractivity contribution in [3.8, 4) is 0 Å². The Balaban J connectivity index is 2.09. The summed E-state index contributed by atoms with van der Waals surface area (Å²) in [6.45, 7) is 0.608. The zero-order valence-corrected chi connectivity index (χ0v) is 15.5. The van der Waals surface area contributed by atoms with E-state index in [-0.39, 0.29) is 6.10 Å². The maximum absolute atomic E-state index is 6.06. The van der Waals surface area contributed by atoms with Gasteiger partial charge in [-0.05, 0) is 23.3 Å². The lowest BCUT2D eigenvalue weighted by Gasteiger charge is -2.17. The van der Waals surface area contributed by atoms with Gasteiger partial charge in [0.2, 0.25) is 0 Å². The highest BCUT2D eigenvalue weighted by Gasteiger charge is 2.14. The smallest absolute Gasteiger partial charge is 0.0929 e. The van der Waals surface area contributed by atoms with Crippen LogP contribution in [0.25, 0.3) is 0 Å². The third-order valence-electron chi connectivity index (χ3n) is 2.79. The highest BCUT2D eigenvalue weighted by atomic mass is 127. The van der Waals surface area contributed by atoms with Crippen molar-refractivity contribution < 1.29 is 4.74 Å². The van der Waals surface area contributed by atoms with Gasteiger partial charge < -0.3 is 4.74 Å². The van der Waals surface area contributed by atoms with Crippen LogP contribution in [0.1, 0.15) is 17.2 Å². The molecule has 0 fully saturated rings. The predicted octanol–water partition coefficient (Wildman–Crippen LogP) is 5.90. The van der Waals surface area contributed by atoms with E-state index in [1.54, 1.807) is 0 Å². The van der Waals surface area contributed by atoms with Crippen LogP contribution in [0.5, 0.6) is 0 Å². The van der Waals surface area contributed by atoms with Gasteiger partial charge in [0.25, 0.3) is 0 Å². The fraction of sp³-hybridized carbons (Fsp3) is 0.200. The molecule has 100 valence electrons. The van der Waals surface area contributed by atoms with E-state index in [1.165, 1.54) is 11.1 Å². The van der Waals surface area contributed by atoms with Crippen molar-refractivity contribution in [2.75, 3.05) is 4.43 Å². The fourth-order valence-corrected chi connectivity index (χ4v) is 3.43. The summed E-state index contributed by atoms with van der Waals surface area (Å²) in [7, 11) is 0. The van der Waals surface area contributed by atoms with Crippen molar-refractivity contribution >= 4 is 54.5 Å². The Morgan fingerprint density at radius 3 is 2.21 bits per heavy atom. The second-order valence-corrected chi connectivity index (χ2v) is 6.66. The molecule has 0 amide bonds. The third kappa shape index (κ3) is 4.28. The van der Waals surface area contributed by atoms with Gasteiger partial charge in [-0.2, -0.15) is 0 Å². The quantitative estimate of drug-likeness (QED) is 0.370. The van der Waals surface area contributed by atoms with Gasteiger partial charge in [-0.15, -0.1) is 0 Å². The van der Waals surface area contributed by atoms with E-state index >= 15 is 0 Å². The molecule has 0 aromatic heterocycles. The number of rotatable bonds is 5. The molecule has 0 saturated carbocycles. The first-order chi connectivity index (χ1) is 9.22. The van der Waals surface area contributed by atoms with Crippen LogP contribution in [-0.4, -0.2) is 4.43 Å². The number of alkyl halides is 1. The lowest BCUT2D eigenvalue weighted by atomic mass is 10.1. The Morgan fingerprint density at radius 1 is 0.947 bits per heavy atom. The summed E-state index contributed by atoms with van der Waals surface area (Å²) in [5, 5.41) is 0. The molecular formula is C15H13Br2IO. The Kier molecular flexibility index (Phi) is 6.32. The van der Waals surface area contributed by atoms with Crippen molar-refractivity contribution in [3.63, 3.8) is 0 Å². The molecule has 0 aliphatic rings. The zero-order chi connectivity index (χ0) is 13.7. The summed E-state index contributed by atoms with van der Waals surface area (Å²) < 4.78 is 9.17. The molecule has 1 nitrogen and oxygen atoms in total. The van der Waals surface area contributed by atoms with Crippen LogP contribution >= 0.6 is 54.5 Å². The van der Waals surface area contributed by atoms with Gasteiger partial charge in [-0.1, -0.05) is 90.8 Å². The average molecular weight is 496 g/mol. The Bertz CT molecular complexity index is 545. The molecule has 0 aliphatic heterocycles. The van der Waals surface area contributed by atoms with Crippen LogP contribution in [-0.2, 0) is 11.3 Å². The molecule has 0 heterocycles. The minimum Gasteiger partial charge on any atom is -0.368 e. The molecule has 0 aliphatic carbocycles. The minimum absolute atomic E-state index is 0.100. The van der Waals surface area contributed by atoms with Gasteiger partial charge in [-0.25, -0.2) is 0 Å². The van der Waals surface area contributed by atoms with Crippen LogP contribution in [0, 0.1) is 0 Å².